The lowest BCUT2D eigenvalue weighted by Crippen LogP contribution is -2.22. The van der Waals surface area contributed by atoms with E-state index in [0.29, 0.717) is 17.2 Å². The molecular weight excluding hydrogens is 344 g/mol. The number of hydrogen-bond donors (Lipinski definition) is 1. The number of hydrogen-bond acceptors (Lipinski definition) is 4. The van der Waals surface area contributed by atoms with E-state index in [4.69, 9.17) is 0 Å². The topological polar surface area (TPSA) is 58.1 Å². The molecule has 1 aliphatic heterocycles. The summed E-state index contributed by atoms with van der Waals surface area (Å²) in [6.45, 7) is 3.82. The fraction of sp³-hybridized carbons (Fsp3) is 0.312. The number of halogens is 1. The average molecular weight is 361 g/mol. The van der Waals surface area contributed by atoms with Crippen molar-refractivity contribution in [3.8, 4) is 0 Å². The van der Waals surface area contributed by atoms with Gasteiger partial charge in [-0.25, -0.2) is 9.97 Å². The van der Waals surface area contributed by atoms with Gasteiger partial charge in [0.05, 0.1) is 11.3 Å². The van der Waals surface area contributed by atoms with E-state index in [-0.39, 0.29) is 5.91 Å². The maximum Gasteiger partial charge on any atom is 0.259 e. The summed E-state index contributed by atoms with van der Waals surface area (Å²) in [7, 11) is 0. The summed E-state index contributed by atoms with van der Waals surface area (Å²) >= 11 is 3.39. The Morgan fingerprint density at radius 1 is 1.32 bits per heavy atom. The molecule has 22 heavy (non-hydrogen) atoms. The number of anilines is 2. The molecule has 1 fully saturated rings. The molecule has 5 nitrogen and oxygen atoms in total. The first-order valence-corrected chi connectivity index (χ1v) is 8.08. The zero-order valence-corrected chi connectivity index (χ0v) is 13.9. The Kier molecular flexibility index (Phi) is 4.38. The van der Waals surface area contributed by atoms with Gasteiger partial charge in [-0.2, -0.15) is 0 Å². The minimum Gasteiger partial charge on any atom is -0.341 e. The molecule has 1 saturated heterocycles. The lowest BCUT2D eigenvalue weighted by atomic mass is 10.2. The molecule has 0 atom stereocenters. The molecule has 2 aromatic rings. The van der Waals surface area contributed by atoms with Crippen LogP contribution in [0.5, 0.6) is 0 Å². The van der Waals surface area contributed by atoms with Gasteiger partial charge in [0.1, 0.15) is 0 Å². The van der Waals surface area contributed by atoms with Crippen LogP contribution in [0.2, 0.25) is 0 Å². The SMILES string of the molecule is Cc1nc(N2CCCC2)ncc1C(=O)Nc1cccc(Br)c1. The van der Waals surface area contributed by atoms with Crippen molar-refractivity contribution in [2.24, 2.45) is 0 Å². The van der Waals surface area contributed by atoms with Gasteiger partial charge in [-0.1, -0.05) is 22.0 Å². The van der Waals surface area contributed by atoms with Crippen molar-refractivity contribution < 1.29 is 4.79 Å². The minimum absolute atomic E-state index is 0.191. The smallest absolute Gasteiger partial charge is 0.259 e. The number of aryl methyl sites for hydroxylation is 1. The van der Waals surface area contributed by atoms with E-state index in [2.05, 4.69) is 36.1 Å². The van der Waals surface area contributed by atoms with Gasteiger partial charge in [-0.3, -0.25) is 4.79 Å². The van der Waals surface area contributed by atoms with Gasteiger partial charge >= 0.3 is 0 Å². The maximum atomic E-state index is 12.4. The lowest BCUT2D eigenvalue weighted by molar-refractivity contribution is 0.102. The summed E-state index contributed by atoms with van der Waals surface area (Å²) in [6.07, 6.45) is 3.96. The Hall–Kier alpha value is -1.95. The van der Waals surface area contributed by atoms with Crippen LogP contribution in [0.1, 0.15) is 28.9 Å². The number of benzene rings is 1. The molecule has 0 spiro atoms. The number of aromatic nitrogens is 2. The third-order valence-corrected chi connectivity index (χ3v) is 4.18. The van der Waals surface area contributed by atoms with Gasteiger partial charge in [0.2, 0.25) is 5.95 Å². The average Bonchev–Trinajstić information content (AvgIpc) is 3.01. The van der Waals surface area contributed by atoms with Gasteiger partial charge in [-0.05, 0) is 38.0 Å². The van der Waals surface area contributed by atoms with Crippen LogP contribution in [0.15, 0.2) is 34.9 Å². The van der Waals surface area contributed by atoms with E-state index < -0.39 is 0 Å². The Morgan fingerprint density at radius 2 is 2.09 bits per heavy atom. The molecule has 1 amide bonds. The summed E-state index contributed by atoms with van der Waals surface area (Å²) in [4.78, 5) is 23.3. The second kappa shape index (κ2) is 6.44. The molecule has 0 saturated carbocycles. The predicted octanol–water partition coefficient (Wildman–Crippen LogP) is 3.40. The zero-order valence-electron chi connectivity index (χ0n) is 12.3. The summed E-state index contributed by atoms with van der Waals surface area (Å²) < 4.78 is 0.919. The van der Waals surface area contributed by atoms with Crippen LogP contribution in [0.25, 0.3) is 0 Å². The molecule has 6 heteroatoms. The van der Waals surface area contributed by atoms with Crippen LogP contribution in [-0.4, -0.2) is 29.0 Å². The normalized spacial score (nSPS) is 14.2. The highest BCUT2D eigenvalue weighted by molar-refractivity contribution is 9.10. The predicted molar refractivity (Wildman–Crippen MR) is 90.3 cm³/mol. The standard InChI is InChI=1S/C16H17BrN4O/c1-11-14(10-18-16(19-11)21-7-2-3-8-21)15(22)20-13-6-4-5-12(17)9-13/h4-6,9-10H,2-3,7-8H2,1H3,(H,20,22). The highest BCUT2D eigenvalue weighted by Crippen LogP contribution is 2.19. The van der Waals surface area contributed by atoms with E-state index in [9.17, 15) is 4.79 Å². The Morgan fingerprint density at radius 3 is 2.77 bits per heavy atom. The number of nitrogens with one attached hydrogen (secondary N) is 1. The summed E-state index contributed by atoms with van der Waals surface area (Å²) in [5, 5.41) is 2.87. The van der Waals surface area contributed by atoms with E-state index in [1.807, 2.05) is 31.2 Å². The number of nitrogens with zero attached hydrogens (tertiary/aromatic N) is 3. The molecular formula is C16H17BrN4O. The summed E-state index contributed by atoms with van der Waals surface area (Å²) in [5.41, 5.74) is 1.94. The molecule has 0 unspecified atom stereocenters. The summed E-state index contributed by atoms with van der Waals surface area (Å²) in [5.74, 6) is 0.526. The van der Waals surface area contributed by atoms with E-state index in [1.54, 1.807) is 6.20 Å². The molecule has 0 aliphatic carbocycles. The van der Waals surface area contributed by atoms with E-state index in [0.717, 1.165) is 23.2 Å². The van der Waals surface area contributed by atoms with Crippen LogP contribution < -0.4 is 10.2 Å². The van der Waals surface area contributed by atoms with Crippen molar-refractivity contribution in [1.82, 2.24) is 9.97 Å². The van der Waals surface area contributed by atoms with Crippen molar-refractivity contribution >= 4 is 33.5 Å². The molecule has 1 aromatic heterocycles. The molecule has 0 bridgehead atoms. The van der Waals surface area contributed by atoms with Crippen LogP contribution in [0.3, 0.4) is 0 Å². The number of rotatable bonds is 3. The van der Waals surface area contributed by atoms with Crippen molar-refractivity contribution in [3.63, 3.8) is 0 Å². The van der Waals surface area contributed by atoms with Crippen molar-refractivity contribution in [2.45, 2.75) is 19.8 Å². The van der Waals surface area contributed by atoms with Crippen molar-refractivity contribution in [3.05, 3.63) is 46.2 Å². The Labute approximate surface area is 137 Å². The molecule has 1 aromatic carbocycles. The Balaban J connectivity index is 1.77. The first-order valence-electron chi connectivity index (χ1n) is 7.29. The zero-order chi connectivity index (χ0) is 15.5. The molecule has 0 radical (unpaired) electrons. The van der Waals surface area contributed by atoms with Crippen LogP contribution in [-0.2, 0) is 0 Å². The van der Waals surface area contributed by atoms with Crippen LogP contribution >= 0.6 is 15.9 Å². The van der Waals surface area contributed by atoms with Gasteiger partial charge in [-0.15, -0.1) is 0 Å². The summed E-state index contributed by atoms with van der Waals surface area (Å²) in [6, 6.07) is 7.48. The van der Waals surface area contributed by atoms with Crippen LogP contribution in [0.4, 0.5) is 11.6 Å². The van der Waals surface area contributed by atoms with E-state index >= 15 is 0 Å². The molecule has 1 aliphatic rings. The van der Waals surface area contributed by atoms with Crippen LogP contribution in [0, 0.1) is 6.92 Å². The first-order chi connectivity index (χ1) is 10.6. The fourth-order valence-electron chi connectivity index (χ4n) is 2.51. The minimum atomic E-state index is -0.191. The highest BCUT2D eigenvalue weighted by atomic mass is 79.9. The molecule has 1 N–H and O–H groups in total. The monoisotopic (exact) mass is 360 g/mol. The molecule has 114 valence electrons. The second-order valence-corrected chi connectivity index (χ2v) is 6.24. The van der Waals surface area contributed by atoms with Gasteiger partial charge in [0.25, 0.3) is 5.91 Å². The first kappa shape index (κ1) is 15.0. The largest absolute Gasteiger partial charge is 0.341 e. The second-order valence-electron chi connectivity index (χ2n) is 5.33. The lowest BCUT2D eigenvalue weighted by Gasteiger charge is -2.16. The van der Waals surface area contributed by atoms with Crippen molar-refractivity contribution in [2.75, 3.05) is 23.3 Å². The third-order valence-electron chi connectivity index (χ3n) is 3.68. The molecule has 2 heterocycles. The van der Waals surface area contributed by atoms with Gasteiger partial charge < -0.3 is 10.2 Å². The van der Waals surface area contributed by atoms with Gasteiger partial charge in [0.15, 0.2) is 0 Å². The quantitative estimate of drug-likeness (QED) is 0.911. The third kappa shape index (κ3) is 3.27. The Bertz CT molecular complexity index is 698. The fourth-order valence-corrected chi connectivity index (χ4v) is 2.91. The number of amides is 1. The highest BCUT2D eigenvalue weighted by Gasteiger charge is 2.18. The number of carbonyl (C=O) groups excluding carboxylic acids is 1. The number of carbonyl (C=O) groups is 1. The van der Waals surface area contributed by atoms with Gasteiger partial charge in [0, 0.05) is 29.4 Å². The molecule has 3 rings (SSSR count). The maximum absolute atomic E-state index is 12.4. The van der Waals surface area contributed by atoms with Crippen molar-refractivity contribution in [1.29, 1.82) is 0 Å². The van der Waals surface area contributed by atoms with E-state index in [1.165, 1.54) is 12.8 Å².